The van der Waals surface area contributed by atoms with Crippen LogP contribution in [0.2, 0.25) is 0 Å². The van der Waals surface area contributed by atoms with Crippen molar-refractivity contribution in [3.05, 3.63) is 176 Å². The highest BCUT2D eigenvalue weighted by atomic mass is 14.7. The second-order valence-corrected chi connectivity index (χ2v) is 12.7. The first kappa shape index (κ1) is 26.9. The van der Waals surface area contributed by atoms with Crippen molar-refractivity contribution in [2.75, 3.05) is 0 Å². The second-order valence-electron chi connectivity index (χ2n) is 12.7. The van der Waals surface area contributed by atoms with E-state index < -0.39 is 0 Å². The Morgan fingerprint density at radius 3 is 1.40 bits per heavy atom. The first-order valence-corrected chi connectivity index (χ1v) is 16.5. The van der Waals surface area contributed by atoms with Crippen LogP contribution in [-0.4, -0.2) is 4.98 Å². The molecule has 0 aliphatic heterocycles. The summed E-state index contributed by atoms with van der Waals surface area (Å²) in [6, 6.07) is 64.1. The molecule has 1 heteroatoms. The molecule has 1 heterocycles. The van der Waals surface area contributed by atoms with E-state index in [9.17, 15) is 0 Å². The fourth-order valence-electron chi connectivity index (χ4n) is 7.67. The highest BCUT2D eigenvalue weighted by Crippen LogP contribution is 2.45. The molecule has 1 aromatic heterocycles. The molecule has 0 atom stereocenters. The predicted octanol–water partition coefficient (Wildman–Crippen LogP) is 13.0. The molecule has 0 N–H and O–H groups in total. The number of fused-ring (bicyclic) bond motifs is 7. The first-order valence-electron chi connectivity index (χ1n) is 16.5. The molecule has 222 valence electrons. The Balaban J connectivity index is 1.30. The number of hydrogen-bond acceptors (Lipinski definition) is 1. The van der Waals surface area contributed by atoms with E-state index in [0.717, 1.165) is 22.2 Å². The lowest BCUT2D eigenvalue weighted by atomic mass is 9.84. The Labute approximate surface area is 278 Å². The average Bonchev–Trinajstić information content (AvgIpc) is 3.16. The van der Waals surface area contributed by atoms with Gasteiger partial charge >= 0.3 is 0 Å². The minimum Gasteiger partial charge on any atom is -0.247 e. The van der Waals surface area contributed by atoms with Gasteiger partial charge in [-0.3, -0.25) is 0 Å². The van der Waals surface area contributed by atoms with E-state index in [4.69, 9.17) is 4.98 Å². The Hall–Kier alpha value is -6.31. The standard InChI is InChI=1S/C47H29N/c1-3-12-34-27-37(21-17-30(34)9-1)45-40-15-7-8-16-41(40)46(38-22-18-31-10-2-4-13-35(31)28-38)43-29-36(23-25-42(43)45)44-26-24-33-20-19-32-11-5-6-14-39(32)47(33)48-44/h1-29H. The Bertz CT molecular complexity index is 2900. The monoisotopic (exact) mass is 607 g/mol. The van der Waals surface area contributed by atoms with Crippen LogP contribution in [0, 0.1) is 0 Å². The second kappa shape index (κ2) is 10.6. The Kier molecular flexibility index (Phi) is 5.94. The number of rotatable bonds is 3. The van der Waals surface area contributed by atoms with Gasteiger partial charge in [0.1, 0.15) is 0 Å². The van der Waals surface area contributed by atoms with Crippen molar-refractivity contribution in [2.45, 2.75) is 0 Å². The topological polar surface area (TPSA) is 12.9 Å². The molecular formula is C47H29N. The van der Waals surface area contributed by atoms with E-state index in [-0.39, 0.29) is 0 Å². The normalized spacial score (nSPS) is 11.8. The molecule has 10 aromatic rings. The molecule has 0 amide bonds. The molecule has 0 fully saturated rings. The van der Waals surface area contributed by atoms with Crippen molar-refractivity contribution in [1.29, 1.82) is 0 Å². The molecule has 0 radical (unpaired) electrons. The molecule has 0 aliphatic carbocycles. The van der Waals surface area contributed by atoms with Crippen molar-refractivity contribution in [2.24, 2.45) is 0 Å². The van der Waals surface area contributed by atoms with Gasteiger partial charge in [-0.05, 0) is 95.0 Å². The zero-order valence-corrected chi connectivity index (χ0v) is 26.2. The maximum atomic E-state index is 5.30. The van der Waals surface area contributed by atoms with Crippen LogP contribution in [0.25, 0.3) is 98.3 Å². The molecule has 0 aliphatic rings. The highest BCUT2D eigenvalue weighted by Gasteiger charge is 2.18. The number of hydrogen-bond donors (Lipinski definition) is 0. The number of pyridine rings is 1. The van der Waals surface area contributed by atoms with Crippen LogP contribution in [-0.2, 0) is 0 Å². The summed E-state index contributed by atoms with van der Waals surface area (Å²) in [6.45, 7) is 0. The van der Waals surface area contributed by atoms with Crippen molar-refractivity contribution >= 4 is 64.8 Å². The zero-order chi connectivity index (χ0) is 31.6. The summed E-state index contributed by atoms with van der Waals surface area (Å²) in [5.74, 6) is 0. The lowest BCUT2D eigenvalue weighted by molar-refractivity contribution is 1.42. The van der Waals surface area contributed by atoms with Gasteiger partial charge in [-0.1, -0.05) is 152 Å². The quantitative estimate of drug-likeness (QED) is 0.144. The smallest absolute Gasteiger partial charge is 0.0787 e. The van der Waals surface area contributed by atoms with E-state index in [2.05, 4.69) is 176 Å². The third-order valence-electron chi connectivity index (χ3n) is 9.98. The molecule has 0 unspecified atom stereocenters. The molecule has 0 bridgehead atoms. The third kappa shape index (κ3) is 4.22. The fourth-order valence-corrected chi connectivity index (χ4v) is 7.67. The van der Waals surface area contributed by atoms with Crippen LogP contribution in [0.3, 0.4) is 0 Å². The average molecular weight is 608 g/mol. The van der Waals surface area contributed by atoms with Crippen LogP contribution in [0.4, 0.5) is 0 Å². The predicted molar refractivity (Wildman–Crippen MR) is 206 cm³/mol. The molecule has 1 nitrogen and oxygen atoms in total. The zero-order valence-electron chi connectivity index (χ0n) is 26.2. The van der Waals surface area contributed by atoms with Gasteiger partial charge in [0.15, 0.2) is 0 Å². The highest BCUT2D eigenvalue weighted by molar-refractivity contribution is 6.22. The van der Waals surface area contributed by atoms with Crippen LogP contribution < -0.4 is 0 Å². The number of nitrogens with zero attached hydrogens (tertiary/aromatic N) is 1. The minimum atomic E-state index is 0.977. The molecular weight excluding hydrogens is 579 g/mol. The van der Waals surface area contributed by atoms with Crippen LogP contribution in [0.5, 0.6) is 0 Å². The van der Waals surface area contributed by atoms with E-state index in [1.165, 1.54) is 76.1 Å². The summed E-state index contributed by atoms with van der Waals surface area (Å²) >= 11 is 0. The first-order chi connectivity index (χ1) is 23.8. The summed E-state index contributed by atoms with van der Waals surface area (Å²) in [6.07, 6.45) is 0. The van der Waals surface area contributed by atoms with Crippen LogP contribution in [0.1, 0.15) is 0 Å². The van der Waals surface area contributed by atoms with Crippen LogP contribution >= 0.6 is 0 Å². The lowest BCUT2D eigenvalue weighted by Gasteiger charge is -2.19. The summed E-state index contributed by atoms with van der Waals surface area (Å²) < 4.78 is 0. The van der Waals surface area contributed by atoms with Crippen molar-refractivity contribution in [3.8, 4) is 33.5 Å². The summed E-state index contributed by atoms with van der Waals surface area (Å²) in [4.78, 5) is 5.30. The number of benzene rings is 9. The Morgan fingerprint density at radius 2 is 0.729 bits per heavy atom. The summed E-state index contributed by atoms with van der Waals surface area (Å²) in [7, 11) is 0. The van der Waals surface area contributed by atoms with Gasteiger partial charge in [-0.2, -0.15) is 0 Å². The Morgan fingerprint density at radius 1 is 0.271 bits per heavy atom. The van der Waals surface area contributed by atoms with Gasteiger partial charge in [0.2, 0.25) is 0 Å². The van der Waals surface area contributed by atoms with Gasteiger partial charge in [0, 0.05) is 16.3 Å². The van der Waals surface area contributed by atoms with Gasteiger partial charge < -0.3 is 0 Å². The van der Waals surface area contributed by atoms with Gasteiger partial charge in [0.25, 0.3) is 0 Å². The SMILES string of the molecule is c1ccc2cc(-c3c4ccccc4c(-c4ccc5ccccc5c4)c4cc(-c5ccc6ccc7ccccc7c6n5)ccc34)ccc2c1. The molecule has 0 spiro atoms. The lowest BCUT2D eigenvalue weighted by Crippen LogP contribution is -1.93. The molecule has 9 aromatic carbocycles. The molecule has 10 rings (SSSR count). The van der Waals surface area contributed by atoms with E-state index >= 15 is 0 Å². The van der Waals surface area contributed by atoms with Crippen molar-refractivity contribution < 1.29 is 0 Å². The maximum Gasteiger partial charge on any atom is 0.0787 e. The van der Waals surface area contributed by atoms with E-state index in [1.54, 1.807) is 0 Å². The minimum absolute atomic E-state index is 0.977. The third-order valence-corrected chi connectivity index (χ3v) is 9.98. The van der Waals surface area contributed by atoms with Gasteiger partial charge in [-0.25, -0.2) is 4.98 Å². The largest absolute Gasteiger partial charge is 0.247 e. The van der Waals surface area contributed by atoms with Crippen LogP contribution in [0.15, 0.2) is 176 Å². The van der Waals surface area contributed by atoms with E-state index in [1.807, 2.05) is 0 Å². The van der Waals surface area contributed by atoms with E-state index in [0.29, 0.717) is 0 Å². The van der Waals surface area contributed by atoms with Gasteiger partial charge in [-0.15, -0.1) is 0 Å². The number of aromatic nitrogens is 1. The maximum absolute atomic E-state index is 5.30. The fraction of sp³-hybridized carbons (Fsp3) is 0. The molecule has 0 saturated carbocycles. The van der Waals surface area contributed by atoms with Crippen molar-refractivity contribution in [1.82, 2.24) is 4.98 Å². The summed E-state index contributed by atoms with van der Waals surface area (Å²) in [5.41, 5.74) is 8.09. The molecule has 48 heavy (non-hydrogen) atoms. The van der Waals surface area contributed by atoms with Crippen molar-refractivity contribution in [3.63, 3.8) is 0 Å². The van der Waals surface area contributed by atoms with Gasteiger partial charge in [0.05, 0.1) is 11.2 Å². The summed E-state index contributed by atoms with van der Waals surface area (Å²) in [5, 5.41) is 13.5. The molecule has 0 saturated heterocycles.